The standard InChI is InChI=1S/C8H10N6OS2/c1-4-13-14-8(16-4)17-7-11-5(9-2)10-6(12-7)15-3/h1-3H3,(H,9,10,11,12). The second-order valence-electron chi connectivity index (χ2n) is 2.87. The van der Waals surface area contributed by atoms with Crippen molar-refractivity contribution in [3.63, 3.8) is 0 Å². The second kappa shape index (κ2) is 5.23. The van der Waals surface area contributed by atoms with Gasteiger partial charge in [-0.3, -0.25) is 0 Å². The summed E-state index contributed by atoms with van der Waals surface area (Å²) in [6.45, 7) is 1.90. The molecule has 0 aliphatic carbocycles. The van der Waals surface area contributed by atoms with Crippen LogP contribution in [0, 0.1) is 6.92 Å². The number of anilines is 1. The van der Waals surface area contributed by atoms with Gasteiger partial charge < -0.3 is 10.1 Å². The van der Waals surface area contributed by atoms with Crippen LogP contribution in [0.4, 0.5) is 5.95 Å². The molecule has 0 atom stereocenters. The number of hydrogen-bond acceptors (Lipinski definition) is 9. The van der Waals surface area contributed by atoms with Crippen LogP contribution in [-0.4, -0.2) is 39.3 Å². The summed E-state index contributed by atoms with van der Waals surface area (Å²) in [6.07, 6.45) is 0. The molecule has 2 aromatic heterocycles. The summed E-state index contributed by atoms with van der Waals surface area (Å²) in [6, 6.07) is 0.271. The molecule has 0 amide bonds. The molecular formula is C8H10N6OS2. The van der Waals surface area contributed by atoms with Crippen molar-refractivity contribution < 1.29 is 4.74 Å². The van der Waals surface area contributed by atoms with E-state index >= 15 is 0 Å². The Balaban J connectivity index is 2.25. The average molecular weight is 270 g/mol. The minimum Gasteiger partial charge on any atom is -0.467 e. The zero-order chi connectivity index (χ0) is 12.3. The number of aryl methyl sites for hydroxylation is 1. The Kier molecular flexibility index (Phi) is 3.69. The fourth-order valence-corrected chi connectivity index (χ4v) is 2.65. The van der Waals surface area contributed by atoms with E-state index in [2.05, 4.69) is 30.5 Å². The zero-order valence-corrected chi connectivity index (χ0v) is 11.1. The van der Waals surface area contributed by atoms with E-state index < -0.39 is 0 Å². The third-order valence-electron chi connectivity index (χ3n) is 1.69. The molecule has 0 radical (unpaired) electrons. The third kappa shape index (κ3) is 3.01. The smallest absolute Gasteiger partial charge is 0.321 e. The number of nitrogens with one attached hydrogen (secondary N) is 1. The summed E-state index contributed by atoms with van der Waals surface area (Å²) in [4.78, 5) is 12.3. The quantitative estimate of drug-likeness (QED) is 0.888. The summed E-state index contributed by atoms with van der Waals surface area (Å²) in [7, 11) is 3.25. The van der Waals surface area contributed by atoms with Crippen molar-refractivity contribution in [2.24, 2.45) is 0 Å². The molecule has 2 rings (SSSR count). The molecule has 9 heteroatoms. The van der Waals surface area contributed by atoms with Crippen LogP contribution in [0.15, 0.2) is 9.50 Å². The predicted molar refractivity (Wildman–Crippen MR) is 64.7 cm³/mol. The van der Waals surface area contributed by atoms with Crippen LogP contribution < -0.4 is 10.1 Å². The monoisotopic (exact) mass is 270 g/mol. The van der Waals surface area contributed by atoms with Gasteiger partial charge >= 0.3 is 6.01 Å². The van der Waals surface area contributed by atoms with Crippen molar-refractivity contribution in [1.29, 1.82) is 0 Å². The van der Waals surface area contributed by atoms with Gasteiger partial charge in [0.05, 0.1) is 7.11 Å². The summed E-state index contributed by atoms with van der Waals surface area (Å²) < 4.78 is 5.78. The molecule has 0 saturated carbocycles. The van der Waals surface area contributed by atoms with Crippen molar-refractivity contribution >= 4 is 29.0 Å². The van der Waals surface area contributed by atoms with Crippen molar-refractivity contribution in [2.75, 3.05) is 19.5 Å². The van der Waals surface area contributed by atoms with Crippen molar-refractivity contribution in [3.05, 3.63) is 5.01 Å². The summed E-state index contributed by atoms with van der Waals surface area (Å²) in [5.74, 6) is 0.459. The van der Waals surface area contributed by atoms with Gasteiger partial charge in [0.2, 0.25) is 11.1 Å². The molecule has 0 fully saturated rings. The zero-order valence-electron chi connectivity index (χ0n) is 9.46. The van der Waals surface area contributed by atoms with Crippen molar-refractivity contribution in [3.8, 4) is 6.01 Å². The van der Waals surface area contributed by atoms with Gasteiger partial charge in [0, 0.05) is 7.05 Å². The first-order valence-electron chi connectivity index (χ1n) is 4.67. The van der Waals surface area contributed by atoms with Crippen LogP contribution in [0.25, 0.3) is 0 Å². The predicted octanol–water partition coefficient (Wildman–Crippen LogP) is 1.23. The van der Waals surface area contributed by atoms with Gasteiger partial charge in [0.1, 0.15) is 5.01 Å². The number of methoxy groups -OCH3 is 1. The highest BCUT2D eigenvalue weighted by atomic mass is 32.2. The van der Waals surface area contributed by atoms with E-state index in [1.807, 2.05) is 6.92 Å². The maximum Gasteiger partial charge on any atom is 0.321 e. The number of ether oxygens (including phenoxy) is 1. The first-order valence-corrected chi connectivity index (χ1v) is 6.30. The van der Waals surface area contributed by atoms with Gasteiger partial charge in [-0.15, -0.1) is 10.2 Å². The van der Waals surface area contributed by atoms with E-state index in [4.69, 9.17) is 4.74 Å². The minimum atomic E-state index is 0.271. The molecule has 0 unspecified atom stereocenters. The molecule has 0 saturated heterocycles. The Hall–Kier alpha value is -1.48. The number of nitrogens with zero attached hydrogens (tertiary/aromatic N) is 5. The molecule has 0 aliphatic heterocycles. The molecule has 2 heterocycles. The molecule has 90 valence electrons. The molecule has 0 aromatic carbocycles. The maximum absolute atomic E-state index is 4.99. The lowest BCUT2D eigenvalue weighted by molar-refractivity contribution is 0.374. The first-order chi connectivity index (χ1) is 8.21. The number of hydrogen-bond donors (Lipinski definition) is 1. The fourth-order valence-electron chi connectivity index (χ4n) is 0.985. The van der Waals surface area contributed by atoms with Crippen LogP contribution in [0.2, 0.25) is 0 Å². The fraction of sp³-hybridized carbons (Fsp3) is 0.375. The van der Waals surface area contributed by atoms with Crippen LogP contribution >= 0.6 is 23.1 Å². The Labute approximate surface area is 106 Å². The van der Waals surface area contributed by atoms with Crippen LogP contribution in [0.5, 0.6) is 6.01 Å². The van der Waals surface area contributed by atoms with E-state index in [0.29, 0.717) is 11.1 Å². The summed E-state index contributed by atoms with van der Waals surface area (Å²) in [5, 5.41) is 12.2. The van der Waals surface area contributed by atoms with Crippen LogP contribution in [0.3, 0.4) is 0 Å². The van der Waals surface area contributed by atoms with Gasteiger partial charge in [-0.05, 0) is 18.7 Å². The maximum atomic E-state index is 4.99. The molecule has 7 nitrogen and oxygen atoms in total. The van der Waals surface area contributed by atoms with E-state index in [9.17, 15) is 0 Å². The molecule has 0 aliphatic rings. The summed E-state index contributed by atoms with van der Waals surface area (Å²) in [5.41, 5.74) is 0. The largest absolute Gasteiger partial charge is 0.467 e. The first kappa shape index (κ1) is 12.0. The molecule has 1 N–H and O–H groups in total. The van der Waals surface area contributed by atoms with Crippen LogP contribution in [-0.2, 0) is 0 Å². The van der Waals surface area contributed by atoms with E-state index in [0.717, 1.165) is 9.35 Å². The van der Waals surface area contributed by atoms with Crippen LogP contribution in [0.1, 0.15) is 5.01 Å². The van der Waals surface area contributed by atoms with Gasteiger partial charge in [-0.25, -0.2) is 0 Å². The number of aromatic nitrogens is 5. The van der Waals surface area contributed by atoms with Gasteiger partial charge in [-0.1, -0.05) is 11.3 Å². The van der Waals surface area contributed by atoms with E-state index in [1.54, 1.807) is 7.05 Å². The molecule has 17 heavy (non-hydrogen) atoms. The van der Waals surface area contributed by atoms with Gasteiger partial charge in [0.15, 0.2) is 4.34 Å². The molecule has 2 aromatic rings. The highest BCUT2D eigenvalue weighted by Gasteiger charge is 2.10. The average Bonchev–Trinajstić information content (AvgIpc) is 2.74. The van der Waals surface area contributed by atoms with Crippen molar-refractivity contribution in [2.45, 2.75) is 16.4 Å². The second-order valence-corrected chi connectivity index (χ2v) is 5.26. The molecular weight excluding hydrogens is 260 g/mol. The lowest BCUT2D eigenvalue weighted by Gasteiger charge is -2.03. The Morgan fingerprint density at radius 2 is 2.06 bits per heavy atom. The lowest BCUT2D eigenvalue weighted by Crippen LogP contribution is -2.02. The normalized spacial score (nSPS) is 10.3. The SMILES string of the molecule is CNc1nc(OC)nc(Sc2nnc(C)s2)n1. The highest BCUT2D eigenvalue weighted by Crippen LogP contribution is 2.28. The third-order valence-corrected chi connectivity index (χ3v) is 3.44. The highest BCUT2D eigenvalue weighted by molar-refractivity contribution is 8.00. The topological polar surface area (TPSA) is 85.7 Å². The van der Waals surface area contributed by atoms with Gasteiger partial charge in [0.25, 0.3) is 0 Å². The number of rotatable bonds is 4. The minimum absolute atomic E-state index is 0.271. The Morgan fingerprint density at radius 1 is 1.24 bits per heavy atom. The Bertz CT molecular complexity index is 494. The Morgan fingerprint density at radius 3 is 2.65 bits per heavy atom. The lowest BCUT2D eigenvalue weighted by atomic mass is 10.9. The van der Waals surface area contributed by atoms with E-state index in [1.165, 1.54) is 30.2 Å². The van der Waals surface area contributed by atoms with E-state index in [-0.39, 0.29) is 6.01 Å². The molecule has 0 spiro atoms. The molecule has 0 bridgehead atoms. The van der Waals surface area contributed by atoms with Crippen molar-refractivity contribution in [1.82, 2.24) is 25.1 Å². The van der Waals surface area contributed by atoms with Gasteiger partial charge in [-0.2, -0.15) is 15.0 Å². The summed E-state index contributed by atoms with van der Waals surface area (Å²) >= 11 is 2.82.